The van der Waals surface area contributed by atoms with Crippen LogP contribution in [-0.2, 0) is 14.3 Å². The maximum Gasteiger partial charge on any atom is 0.339 e. The fourth-order valence-corrected chi connectivity index (χ4v) is 3.06. The number of nitrogens with one attached hydrogen (secondary N) is 1. The van der Waals surface area contributed by atoms with E-state index in [1.807, 2.05) is 79.7 Å². The van der Waals surface area contributed by atoms with Crippen molar-refractivity contribution >= 4 is 29.2 Å². The second-order valence-electron chi connectivity index (χ2n) is 7.07. The molecule has 0 saturated heterocycles. The van der Waals surface area contributed by atoms with Crippen LogP contribution >= 0.6 is 0 Å². The van der Waals surface area contributed by atoms with Crippen LogP contribution in [-0.4, -0.2) is 25.1 Å². The highest BCUT2D eigenvalue weighted by Crippen LogP contribution is 2.26. The molecule has 1 N–H and O–H groups in total. The van der Waals surface area contributed by atoms with E-state index in [1.54, 1.807) is 26.2 Å². The zero-order valence-electron chi connectivity index (χ0n) is 17.8. The number of carbonyl (C=O) groups is 2. The van der Waals surface area contributed by atoms with Gasteiger partial charge in [0.25, 0.3) is 5.91 Å². The third kappa shape index (κ3) is 5.82. The number of benzene rings is 3. The molecule has 0 heterocycles. The quantitative estimate of drug-likeness (QED) is 0.331. The number of carbonyl (C=O) groups excluding carboxylic acids is 2. The molecular weight excluding hydrogens is 390 g/mol. The van der Waals surface area contributed by atoms with Crippen LogP contribution in [0.25, 0.3) is 11.6 Å². The second kappa shape index (κ2) is 10.3. The molecule has 0 aromatic heterocycles. The summed E-state index contributed by atoms with van der Waals surface area (Å²) in [5, 5.41) is 2.78. The summed E-state index contributed by atoms with van der Waals surface area (Å²) in [5.74, 6) is -0.360. The van der Waals surface area contributed by atoms with Gasteiger partial charge in [-0.3, -0.25) is 4.79 Å². The molecule has 1 atom stereocenters. The lowest BCUT2D eigenvalue weighted by molar-refractivity contribution is -0.147. The van der Waals surface area contributed by atoms with Gasteiger partial charge >= 0.3 is 5.97 Å². The number of esters is 1. The summed E-state index contributed by atoms with van der Waals surface area (Å²) in [4.78, 5) is 25.6. The number of ether oxygens (including phenoxy) is 2. The number of amides is 1. The first-order valence-electron chi connectivity index (χ1n) is 9.96. The molecule has 5 heteroatoms. The number of rotatable bonds is 7. The number of methoxy groups -OCH3 is 1. The molecule has 0 aliphatic heterocycles. The molecule has 0 bridgehead atoms. The Bertz CT molecular complexity index is 1090. The second-order valence-corrected chi connectivity index (χ2v) is 7.07. The summed E-state index contributed by atoms with van der Waals surface area (Å²) >= 11 is 0. The van der Waals surface area contributed by atoms with Gasteiger partial charge in [0.1, 0.15) is 5.75 Å². The Morgan fingerprint density at radius 2 is 1.65 bits per heavy atom. The third-order valence-corrected chi connectivity index (χ3v) is 4.68. The molecule has 31 heavy (non-hydrogen) atoms. The largest absolute Gasteiger partial charge is 0.496 e. The highest BCUT2D eigenvalue weighted by molar-refractivity contribution is 6.22. The first-order chi connectivity index (χ1) is 15.0. The summed E-state index contributed by atoms with van der Waals surface area (Å²) in [6, 6.07) is 24.0. The van der Waals surface area contributed by atoms with Crippen molar-refractivity contribution in [3.05, 3.63) is 95.6 Å². The van der Waals surface area contributed by atoms with Gasteiger partial charge < -0.3 is 14.8 Å². The average molecular weight is 415 g/mol. The summed E-state index contributed by atoms with van der Waals surface area (Å²) < 4.78 is 10.9. The van der Waals surface area contributed by atoms with Gasteiger partial charge in [-0.1, -0.05) is 60.7 Å². The molecule has 0 aliphatic rings. The molecule has 3 rings (SSSR count). The Hall–Kier alpha value is -3.86. The predicted molar refractivity (Wildman–Crippen MR) is 123 cm³/mol. The zero-order chi connectivity index (χ0) is 22.2. The molecule has 0 fully saturated rings. The van der Waals surface area contributed by atoms with Gasteiger partial charge in [0.05, 0.1) is 12.7 Å². The number of hydrogen-bond acceptors (Lipinski definition) is 4. The highest BCUT2D eigenvalue weighted by atomic mass is 16.5. The van der Waals surface area contributed by atoms with Crippen LogP contribution < -0.4 is 10.1 Å². The maximum atomic E-state index is 13.1. The van der Waals surface area contributed by atoms with Crippen molar-refractivity contribution in [2.45, 2.75) is 20.0 Å². The van der Waals surface area contributed by atoms with Crippen molar-refractivity contribution in [3.63, 3.8) is 0 Å². The third-order valence-electron chi connectivity index (χ3n) is 4.68. The first-order valence-corrected chi connectivity index (χ1v) is 9.96. The maximum absolute atomic E-state index is 13.1. The summed E-state index contributed by atoms with van der Waals surface area (Å²) in [6.07, 6.45) is 0.736. The van der Waals surface area contributed by atoms with Crippen LogP contribution in [0.4, 0.5) is 5.69 Å². The number of hydrogen-bond donors (Lipinski definition) is 1. The minimum absolute atomic E-state index is 0.334. The fourth-order valence-electron chi connectivity index (χ4n) is 3.06. The van der Waals surface area contributed by atoms with Gasteiger partial charge in [0.15, 0.2) is 6.10 Å². The van der Waals surface area contributed by atoms with Crippen molar-refractivity contribution < 1.29 is 19.1 Å². The Balaban J connectivity index is 1.83. The molecule has 0 spiro atoms. The highest BCUT2D eigenvalue weighted by Gasteiger charge is 2.22. The van der Waals surface area contributed by atoms with Gasteiger partial charge in [-0.25, -0.2) is 4.79 Å². The lowest BCUT2D eigenvalue weighted by atomic mass is 10.0. The van der Waals surface area contributed by atoms with E-state index in [2.05, 4.69) is 5.32 Å². The first kappa shape index (κ1) is 21.8. The van der Waals surface area contributed by atoms with Gasteiger partial charge in [0.2, 0.25) is 0 Å². The lowest BCUT2D eigenvalue weighted by Crippen LogP contribution is -2.30. The topological polar surface area (TPSA) is 64.6 Å². The Labute approximate surface area is 182 Å². The van der Waals surface area contributed by atoms with Crippen molar-refractivity contribution in [2.24, 2.45) is 0 Å². The molecule has 0 unspecified atom stereocenters. The Kier molecular flexibility index (Phi) is 7.22. The monoisotopic (exact) mass is 415 g/mol. The summed E-state index contributed by atoms with van der Waals surface area (Å²) in [5.41, 5.74) is 3.43. The molecule has 1 amide bonds. The van der Waals surface area contributed by atoms with Crippen LogP contribution in [0.1, 0.15) is 23.6 Å². The predicted octanol–water partition coefficient (Wildman–Crippen LogP) is 5.11. The van der Waals surface area contributed by atoms with Gasteiger partial charge in [-0.05, 0) is 49.2 Å². The molecule has 3 aromatic carbocycles. The Morgan fingerprint density at radius 3 is 2.35 bits per heavy atom. The zero-order valence-corrected chi connectivity index (χ0v) is 17.8. The van der Waals surface area contributed by atoms with E-state index in [0.717, 1.165) is 11.1 Å². The standard InChI is InChI=1S/C26H25NO4/c1-18-10-9-14-22(16-18)27-25(28)19(2)31-26(29)23(20-11-5-4-6-12-20)17-21-13-7-8-15-24(21)30-3/h4-17,19H,1-3H3,(H,27,28)/b23-17+/t19-/m1/s1. The molecule has 158 valence electrons. The Morgan fingerprint density at radius 1 is 0.935 bits per heavy atom. The SMILES string of the molecule is COc1ccccc1/C=C(/C(=O)O[C@H](C)C(=O)Nc1cccc(C)c1)c1ccccc1. The van der Waals surface area contributed by atoms with Crippen LogP contribution in [0, 0.1) is 6.92 Å². The molecular formula is C26H25NO4. The van der Waals surface area contributed by atoms with E-state index >= 15 is 0 Å². The number of para-hydroxylation sites is 1. The minimum Gasteiger partial charge on any atom is -0.496 e. The normalized spacial score (nSPS) is 12.0. The van der Waals surface area contributed by atoms with Gasteiger partial charge in [0, 0.05) is 11.3 Å². The minimum atomic E-state index is -0.974. The van der Waals surface area contributed by atoms with Crippen molar-refractivity contribution in [3.8, 4) is 5.75 Å². The summed E-state index contributed by atoms with van der Waals surface area (Å²) in [7, 11) is 1.57. The number of aryl methyl sites for hydroxylation is 1. The molecule has 0 saturated carbocycles. The van der Waals surface area contributed by atoms with E-state index in [9.17, 15) is 9.59 Å². The molecule has 3 aromatic rings. The average Bonchev–Trinajstić information content (AvgIpc) is 2.78. The van der Waals surface area contributed by atoms with E-state index in [-0.39, 0.29) is 0 Å². The van der Waals surface area contributed by atoms with Crippen molar-refractivity contribution in [2.75, 3.05) is 12.4 Å². The van der Waals surface area contributed by atoms with Crippen molar-refractivity contribution in [1.82, 2.24) is 0 Å². The molecule has 0 radical (unpaired) electrons. The number of anilines is 1. The molecule has 5 nitrogen and oxygen atoms in total. The van der Waals surface area contributed by atoms with E-state index in [1.165, 1.54) is 0 Å². The van der Waals surface area contributed by atoms with Crippen LogP contribution in [0.2, 0.25) is 0 Å². The van der Waals surface area contributed by atoms with E-state index < -0.39 is 18.0 Å². The molecule has 0 aliphatic carbocycles. The van der Waals surface area contributed by atoms with Gasteiger partial charge in [-0.2, -0.15) is 0 Å². The van der Waals surface area contributed by atoms with Crippen molar-refractivity contribution in [1.29, 1.82) is 0 Å². The fraction of sp³-hybridized carbons (Fsp3) is 0.154. The van der Waals surface area contributed by atoms with Crippen LogP contribution in [0.15, 0.2) is 78.9 Å². The van der Waals surface area contributed by atoms with Gasteiger partial charge in [-0.15, -0.1) is 0 Å². The van der Waals surface area contributed by atoms with Crippen LogP contribution in [0.5, 0.6) is 5.75 Å². The van der Waals surface area contributed by atoms with E-state index in [0.29, 0.717) is 22.6 Å². The lowest BCUT2D eigenvalue weighted by Gasteiger charge is -2.16. The summed E-state index contributed by atoms with van der Waals surface area (Å²) in [6.45, 7) is 3.49. The van der Waals surface area contributed by atoms with Crippen LogP contribution in [0.3, 0.4) is 0 Å². The van der Waals surface area contributed by atoms with E-state index in [4.69, 9.17) is 9.47 Å². The smallest absolute Gasteiger partial charge is 0.339 e.